The molecule has 8 heteroatoms. The topological polar surface area (TPSA) is 18.5 Å². The van der Waals surface area contributed by atoms with Gasteiger partial charge in [-0.25, -0.2) is 0 Å². The SMILES string of the molecule is CC(C)(C)[Si](C)(C)Oc1cc(Br)c2cc(Cl)ccc2c1-c1c(O[Si](C)(C)C(C)(C)C)cc(Br)c2cc(Cl)ccc12. The van der Waals surface area contributed by atoms with E-state index in [0.29, 0.717) is 10.0 Å². The lowest BCUT2D eigenvalue weighted by atomic mass is 9.92. The fraction of sp³-hybridized carbons (Fsp3) is 0.375. The van der Waals surface area contributed by atoms with Crippen LogP contribution in [0, 0.1) is 0 Å². The van der Waals surface area contributed by atoms with Crippen molar-refractivity contribution in [1.29, 1.82) is 0 Å². The number of benzene rings is 4. The molecule has 0 saturated carbocycles. The van der Waals surface area contributed by atoms with Gasteiger partial charge in [0.1, 0.15) is 11.5 Å². The van der Waals surface area contributed by atoms with Crippen LogP contribution >= 0.6 is 55.1 Å². The molecular weight excluding hydrogens is 703 g/mol. The van der Waals surface area contributed by atoms with Gasteiger partial charge in [-0.05, 0) is 94.2 Å². The molecule has 4 aromatic rings. The summed E-state index contributed by atoms with van der Waals surface area (Å²) in [5.74, 6) is 1.68. The average Bonchev–Trinajstić information content (AvgIpc) is 2.79. The number of rotatable bonds is 5. The summed E-state index contributed by atoms with van der Waals surface area (Å²) in [5, 5.41) is 5.53. The van der Waals surface area contributed by atoms with Gasteiger partial charge in [0.2, 0.25) is 0 Å². The van der Waals surface area contributed by atoms with E-state index in [4.69, 9.17) is 32.1 Å². The molecule has 0 unspecified atom stereocenters. The summed E-state index contributed by atoms with van der Waals surface area (Å²) in [6.07, 6.45) is 0. The monoisotopic (exact) mass is 738 g/mol. The smallest absolute Gasteiger partial charge is 0.250 e. The summed E-state index contributed by atoms with van der Waals surface area (Å²) in [6.45, 7) is 22.7. The van der Waals surface area contributed by atoms with E-state index in [1.165, 1.54) is 0 Å². The van der Waals surface area contributed by atoms with Crippen LogP contribution in [-0.4, -0.2) is 16.6 Å². The molecule has 0 spiro atoms. The Morgan fingerprint density at radius 2 is 0.875 bits per heavy atom. The molecule has 0 fully saturated rings. The second-order valence-electron chi connectivity index (χ2n) is 13.6. The van der Waals surface area contributed by atoms with E-state index in [9.17, 15) is 0 Å². The first-order chi connectivity index (χ1) is 18.2. The highest BCUT2D eigenvalue weighted by Gasteiger charge is 2.42. The summed E-state index contributed by atoms with van der Waals surface area (Å²) in [4.78, 5) is 0. The summed E-state index contributed by atoms with van der Waals surface area (Å²) in [5.41, 5.74) is 2.02. The molecule has 0 heterocycles. The van der Waals surface area contributed by atoms with E-state index in [1.807, 2.05) is 24.3 Å². The zero-order chi connectivity index (χ0) is 30.0. The average molecular weight is 742 g/mol. The van der Waals surface area contributed by atoms with Gasteiger partial charge < -0.3 is 8.85 Å². The van der Waals surface area contributed by atoms with Crippen molar-refractivity contribution in [3.8, 4) is 22.6 Å². The molecule has 4 aromatic carbocycles. The predicted molar refractivity (Wildman–Crippen MR) is 188 cm³/mol. The quantitative estimate of drug-likeness (QED) is 0.190. The van der Waals surface area contributed by atoms with E-state index >= 15 is 0 Å². The van der Waals surface area contributed by atoms with Crippen LogP contribution in [0.5, 0.6) is 11.5 Å². The van der Waals surface area contributed by atoms with Crippen molar-refractivity contribution in [3.63, 3.8) is 0 Å². The second kappa shape index (κ2) is 10.9. The van der Waals surface area contributed by atoms with Crippen molar-refractivity contribution >= 4 is 93.2 Å². The lowest BCUT2D eigenvalue weighted by molar-refractivity contribution is 0.488. The van der Waals surface area contributed by atoms with Gasteiger partial charge in [-0.15, -0.1) is 0 Å². The maximum absolute atomic E-state index is 7.12. The Morgan fingerprint density at radius 1 is 0.550 bits per heavy atom. The Hall–Kier alpha value is -1.03. The van der Waals surface area contributed by atoms with Crippen LogP contribution in [0.2, 0.25) is 46.3 Å². The maximum Gasteiger partial charge on any atom is 0.250 e. The number of hydrogen-bond acceptors (Lipinski definition) is 2. The van der Waals surface area contributed by atoms with E-state index < -0.39 is 16.6 Å². The van der Waals surface area contributed by atoms with E-state index in [1.54, 1.807) is 0 Å². The van der Waals surface area contributed by atoms with E-state index in [2.05, 4.69) is 124 Å². The summed E-state index contributed by atoms with van der Waals surface area (Å²) in [7, 11) is -4.44. The minimum absolute atomic E-state index is 0.0154. The second-order valence-corrected chi connectivity index (χ2v) is 25.6. The normalized spacial score (nSPS) is 13.2. The number of fused-ring (bicyclic) bond motifs is 2. The van der Waals surface area contributed by atoms with Crippen LogP contribution in [0.3, 0.4) is 0 Å². The molecule has 0 aliphatic rings. The fourth-order valence-corrected chi connectivity index (χ4v) is 7.64. The zero-order valence-corrected chi connectivity index (χ0v) is 31.6. The molecule has 0 aromatic heterocycles. The zero-order valence-electron chi connectivity index (χ0n) is 24.9. The first kappa shape index (κ1) is 31.9. The van der Waals surface area contributed by atoms with Crippen molar-refractivity contribution in [2.75, 3.05) is 0 Å². The molecule has 0 atom stereocenters. The minimum Gasteiger partial charge on any atom is -0.543 e. The number of halogens is 4. The van der Waals surface area contributed by atoms with Crippen molar-refractivity contribution in [2.45, 2.75) is 77.8 Å². The standard InChI is InChI=1S/C32H38Br2Cl2O2Si2/c1-31(2,3)39(7,8)37-27-17-25(33)23-15-19(35)11-13-21(23)29(27)30-22-14-12-20(36)16-24(22)26(34)18-28(30)38-40(9,10)32(4,5)6/h11-18H,1-10H3. The van der Waals surface area contributed by atoms with Crippen LogP contribution in [0.25, 0.3) is 32.7 Å². The van der Waals surface area contributed by atoms with Crippen molar-refractivity contribution < 1.29 is 8.85 Å². The molecule has 0 saturated heterocycles. The Labute approximate surface area is 268 Å². The molecular formula is C32H38Br2Cl2O2Si2. The van der Waals surface area contributed by atoms with E-state index in [-0.39, 0.29) is 10.1 Å². The Balaban J connectivity index is 2.21. The minimum atomic E-state index is -2.22. The Morgan fingerprint density at radius 3 is 1.18 bits per heavy atom. The third-order valence-electron chi connectivity index (χ3n) is 8.62. The highest BCUT2D eigenvalue weighted by atomic mass is 79.9. The van der Waals surface area contributed by atoms with Crippen molar-refractivity contribution in [2.24, 2.45) is 0 Å². The highest BCUT2D eigenvalue weighted by Crippen LogP contribution is 2.52. The molecule has 4 rings (SSSR count). The van der Waals surface area contributed by atoms with Crippen molar-refractivity contribution in [1.82, 2.24) is 0 Å². The van der Waals surface area contributed by atoms with Gasteiger partial charge in [0.05, 0.1) is 0 Å². The third-order valence-corrected chi connectivity index (χ3v) is 19.1. The van der Waals surface area contributed by atoms with E-state index in [0.717, 1.165) is 53.1 Å². The van der Waals surface area contributed by atoms with Gasteiger partial charge in [0.25, 0.3) is 16.6 Å². The first-order valence-corrected chi connectivity index (χ1v) is 21.6. The van der Waals surface area contributed by atoms with Crippen LogP contribution in [-0.2, 0) is 0 Å². The molecule has 0 N–H and O–H groups in total. The van der Waals surface area contributed by atoms with Gasteiger partial charge in [0.15, 0.2) is 0 Å². The molecule has 0 amide bonds. The maximum atomic E-state index is 7.12. The van der Waals surface area contributed by atoms with Gasteiger partial charge in [0, 0.05) is 30.1 Å². The lowest BCUT2D eigenvalue weighted by Crippen LogP contribution is -2.44. The predicted octanol–water partition coefficient (Wildman–Crippen LogP) is 13.3. The van der Waals surface area contributed by atoms with Crippen LogP contribution in [0.15, 0.2) is 57.5 Å². The summed E-state index contributed by atoms with van der Waals surface area (Å²) >= 11 is 20.7. The van der Waals surface area contributed by atoms with Gasteiger partial charge in [-0.1, -0.05) is 109 Å². The molecule has 0 aliphatic carbocycles. The Bertz CT molecular complexity index is 1500. The molecule has 0 radical (unpaired) electrons. The molecule has 214 valence electrons. The van der Waals surface area contributed by atoms with Gasteiger partial charge >= 0.3 is 0 Å². The van der Waals surface area contributed by atoms with Crippen molar-refractivity contribution in [3.05, 3.63) is 67.5 Å². The number of hydrogen-bond donors (Lipinski definition) is 0. The summed E-state index contributed by atoms with van der Waals surface area (Å²) in [6, 6.07) is 16.3. The van der Waals surface area contributed by atoms with Crippen LogP contribution < -0.4 is 8.85 Å². The van der Waals surface area contributed by atoms with Crippen LogP contribution in [0.4, 0.5) is 0 Å². The van der Waals surface area contributed by atoms with Gasteiger partial charge in [-0.2, -0.15) is 0 Å². The molecule has 2 nitrogen and oxygen atoms in total. The summed E-state index contributed by atoms with van der Waals surface area (Å²) < 4.78 is 16.1. The Kier molecular flexibility index (Phi) is 8.70. The molecule has 0 aliphatic heterocycles. The fourth-order valence-electron chi connectivity index (χ4n) is 4.19. The van der Waals surface area contributed by atoms with Gasteiger partial charge in [-0.3, -0.25) is 0 Å². The van der Waals surface area contributed by atoms with Crippen LogP contribution in [0.1, 0.15) is 41.5 Å². The highest BCUT2D eigenvalue weighted by molar-refractivity contribution is 9.11. The largest absolute Gasteiger partial charge is 0.543 e. The molecule has 40 heavy (non-hydrogen) atoms. The lowest BCUT2D eigenvalue weighted by Gasteiger charge is -2.39. The third kappa shape index (κ3) is 6.04. The first-order valence-electron chi connectivity index (χ1n) is 13.5. The molecule has 0 bridgehead atoms.